The zero-order valence-electron chi connectivity index (χ0n) is 10.9. The lowest BCUT2D eigenvalue weighted by molar-refractivity contribution is 0.0685. The Balaban J connectivity index is 2.01. The van der Waals surface area contributed by atoms with Crippen LogP contribution in [-0.2, 0) is 0 Å². The molecule has 0 unspecified atom stereocenters. The molecule has 0 radical (unpaired) electrons. The molecule has 0 aromatic heterocycles. The summed E-state index contributed by atoms with van der Waals surface area (Å²) in [7, 11) is 0. The monoisotopic (exact) mass is 264 g/mol. The average molecular weight is 264 g/mol. The third kappa shape index (κ3) is 3.17. The zero-order chi connectivity index (χ0) is 13.8. The summed E-state index contributed by atoms with van der Waals surface area (Å²) in [6.45, 7) is 2.09. The van der Waals surface area contributed by atoms with Crippen LogP contribution in [-0.4, -0.2) is 40.7 Å². The van der Waals surface area contributed by atoms with Crippen LogP contribution in [0.4, 0.5) is 0 Å². The number of rotatable bonds is 3. The number of likely N-dealkylation sites (tertiary alicyclic amines) is 1. The van der Waals surface area contributed by atoms with Gasteiger partial charge in [0.2, 0.25) is 0 Å². The van der Waals surface area contributed by atoms with Gasteiger partial charge in [0.25, 0.3) is 5.91 Å². The standard InChI is InChI=1S/C14H20N2O3/c15-6-3-10-4-7-16(8-5-10)14(19)12-2-1-11(17)9-13(12)18/h1-2,9-10,17-18H,3-8,15H2. The Bertz CT molecular complexity index is 454. The van der Waals surface area contributed by atoms with Crippen molar-refractivity contribution in [2.45, 2.75) is 19.3 Å². The first-order valence-corrected chi connectivity index (χ1v) is 6.63. The predicted molar refractivity (Wildman–Crippen MR) is 72.1 cm³/mol. The first-order valence-electron chi connectivity index (χ1n) is 6.63. The van der Waals surface area contributed by atoms with E-state index in [1.165, 1.54) is 18.2 Å². The van der Waals surface area contributed by atoms with Gasteiger partial charge in [-0.15, -0.1) is 0 Å². The number of hydrogen-bond donors (Lipinski definition) is 3. The molecule has 1 aromatic carbocycles. The number of carbonyl (C=O) groups is 1. The van der Waals surface area contributed by atoms with Gasteiger partial charge in [-0.3, -0.25) is 4.79 Å². The van der Waals surface area contributed by atoms with Crippen LogP contribution in [0.2, 0.25) is 0 Å². The number of benzene rings is 1. The summed E-state index contributed by atoms with van der Waals surface area (Å²) < 4.78 is 0. The van der Waals surface area contributed by atoms with Crippen LogP contribution in [0.5, 0.6) is 11.5 Å². The summed E-state index contributed by atoms with van der Waals surface area (Å²) in [5.41, 5.74) is 5.79. The van der Waals surface area contributed by atoms with Crippen molar-refractivity contribution in [3.05, 3.63) is 23.8 Å². The van der Waals surface area contributed by atoms with Crippen LogP contribution in [0.25, 0.3) is 0 Å². The second-order valence-corrected chi connectivity index (χ2v) is 5.01. The number of nitrogens with two attached hydrogens (primary N) is 1. The molecule has 1 aliphatic rings. The Morgan fingerprint density at radius 1 is 1.32 bits per heavy atom. The Labute approximate surface area is 112 Å². The van der Waals surface area contributed by atoms with E-state index in [-0.39, 0.29) is 23.0 Å². The molecule has 1 fully saturated rings. The smallest absolute Gasteiger partial charge is 0.257 e. The topological polar surface area (TPSA) is 86.8 Å². The molecule has 0 bridgehead atoms. The minimum Gasteiger partial charge on any atom is -0.508 e. The highest BCUT2D eigenvalue weighted by Gasteiger charge is 2.24. The number of piperidine rings is 1. The molecule has 1 amide bonds. The molecule has 2 rings (SSSR count). The highest BCUT2D eigenvalue weighted by Crippen LogP contribution is 2.26. The SMILES string of the molecule is NCCC1CCN(C(=O)c2ccc(O)cc2O)CC1. The number of nitrogens with zero attached hydrogens (tertiary/aromatic N) is 1. The average Bonchev–Trinajstić information content (AvgIpc) is 2.39. The molecule has 5 nitrogen and oxygen atoms in total. The molecule has 0 aliphatic carbocycles. The van der Waals surface area contributed by atoms with Crippen LogP contribution in [0.3, 0.4) is 0 Å². The minimum atomic E-state index is -0.177. The first kappa shape index (κ1) is 13.7. The summed E-state index contributed by atoms with van der Waals surface area (Å²) in [6, 6.07) is 4.06. The largest absolute Gasteiger partial charge is 0.508 e. The molecule has 1 aromatic rings. The molecular formula is C14H20N2O3. The van der Waals surface area contributed by atoms with Crippen LogP contribution >= 0.6 is 0 Å². The van der Waals surface area contributed by atoms with Gasteiger partial charge in [-0.05, 0) is 43.9 Å². The highest BCUT2D eigenvalue weighted by atomic mass is 16.3. The Morgan fingerprint density at radius 3 is 2.58 bits per heavy atom. The van der Waals surface area contributed by atoms with Crippen molar-refractivity contribution in [3.63, 3.8) is 0 Å². The molecule has 1 aliphatic heterocycles. The van der Waals surface area contributed by atoms with Crippen LogP contribution in [0.15, 0.2) is 18.2 Å². The highest BCUT2D eigenvalue weighted by molar-refractivity contribution is 5.97. The Hall–Kier alpha value is -1.75. The summed E-state index contributed by atoms with van der Waals surface area (Å²) >= 11 is 0. The zero-order valence-corrected chi connectivity index (χ0v) is 10.9. The van der Waals surface area contributed by atoms with Crippen molar-refractivity contribution >= 4 is 5.91 Å². The van der Waals surface area contributed by atoms with E-state index in [4.69, 9.17) is 5.73 Å². The van der Waals surface area contributed by atoms with Crippen molar-refractivity contribution in [1.82, 2.24) is 4.90 Å². The van der Waals surface area contributed by atoms with E-state index in [0.717, 1.165) is 19.3 Å². The van der Waals surface area contributed by atoms with E-state index < -0.39 is 0 Å². The maximum atomic E-state index is 12.3. The molecule has 0 spiro atoms. The summed E-state index contributed by atoms with van der Waals surface area (Å²) in [5, 5.41) is 18.9. The lowest BCUT2D eigenvalue weighted by Gasteiger charge is -2.32. The van der Waals surface area contributed by atoms with Crippen molar-refractivity contribution in [2.75, 3.05) is 19.6 Å². The molecule has 1 saturated heterocycles. The fourth-order valence-corrected chi connectivity index (χ4v) is 2.53. The van der Waals surface area contributed by atoms with Gasteiger partial charge in [0.1, 0.15) is 11.5 Å². The fraction of sp³-hybridized carbons (Fsp3) is 0.500. The minimum absolute atomic E-state index is 0.0456. The van der Waals surface area contributed by atoms with Gasteiger partial charge in [-0.1, -0.05) is 0 Å². The van der Waals surface area contributed by atoms with E-state index >= 15 is 0 Å². The second-order valence-electron chi connectivity index (χ2n) is 5.01. The van der Waals surface area contributed by atoms with Crippen molar-refractivity contribution < 1.29 is 15.0 Å². The number of phenols is 2. The number of carbonyl (C=O) groups excluding carboxylic acids is 1. The lowest BCUT2D eigenvalue weighted by Crippen LogP contribution is -2.38. The van der Waals surface area contributed by atoms with Crippen molar-refractivity contribution in [1.29, 1.82) is 0 Å². The van der Waals surface area contributed by atoms with E-state index in [9.17, 15) is 15.0 Å². The third-order valence-electron chi connectivity index (χ3n) is 3.69. The molecular weight excluding hydrogens is 244 g/mol. The maximum absolute atomic E-state index is 12.3. The van der Waals surface area contributed by atoms with E-state index in [0.29, 0.717) is 25.6 Å². The van der Waals surface area contributed by atoms with Crippen LogP contribution < -0.4 is 5.73 Å². The van der Waals surface area contributed by atoms with Gasteiger partial charge < -0.3 is 20.8 Å². The molecule has 4 N–H and O–H groups in total. The van der Waals surface area contributed by atoms with Crippen molar-refractivity contribution in [3.8, 4) is 11.5 Å². The second kappa shape index (κ2) is 5.93. The summed E-state index contributed by atoms with van der Waals surface area (Å²) in [4.78, 5) is 14.0. The number of amides is 1. The lowest BCUT2D eigenvalue weighted by atomic mass is 9.93. The quantitative estimate of drug-likeness (QED) is 0.768. The number of aromatic hydroxyl groups is 2. The molecule has 1 heterocycles. The van der Waals surface area contributed by atoms with Gasteiger partial charge in [0.05, 0.1) is 5.56 Å². The molecule has 0 saturated carbocycles. The molecule has 5 heteroatoms. The van der Waals surface area contributed by atoms with Crippen LogP contribution in [0.1, 0.15) is 29.6 Å². The fourth-order valence-electron chi connectivity index (χ4n) is 2.53. The van der Waals surface area contributed by atoms with Crippen LogP contribution in [0, 0.1) is 5.92 Å². The molecule has 0 atom stereocenters. The van der Waals surface area contributed by atoms with E-state index in [1.54, 1.807) is 4.90 Å². The van der Waals surface area contributed by atoms with Crippen molar-refractivity contribution in [2.24, 2.45) is 11.7 Å². The molecule has 104 valence electrons. The predicted octanol–water partition coefficient (Wildman–Crippen LogP) is 1.30. The van der Waals surface area contributed by atoms with Gasteiger partial charge in [-0.25, -0.2) is 0 Å². The first-order chi connectivity index (χ1) is 9.11. The third-order valence-corrected chi connectivity index (χ3v) is 3.69. The van der Waals surface area contributed by atoms with Gasteiger partial charge in [-0.2, -0.15) is 0 Å². The van der Waals surface area contributed by atoms with Gasteiger partial charge in [0.15, 0.2) is 0 Å². The summed E-state index contributed by atoms with van der Waals surface area (Å²) in [5.74, 6) is 0.205. The van der Waals surface area contributed by atoms with Gasteiger partial charge in [0, 0.05) is 19.2 Å². The molecule has 19 heavy (non-hydrogen) atoms. The van der Waals surface area contributed by atoms with E-state index in [1.807, 2.05) is 0 Å². The Morgan fingerprint density at radius 2 is 2.00 bits per heavy atom. The normalized spacial score (nSPS) is 16.6. The Kier molecular flexibility index (Phi) is 4.27. The summed E-state index contributed by atoms with van der Waals surface area (Å²) in [6.07, 6.45) is 2.93. The maximum Gasteiger partial charge on any atom is 0.257 e. The van der Waals surface area contributed by atoms with E-state index in [2.05, 4.69) is 0 Å². The number of phenolic OH excluding ortho intramolecular Hbond substituents is 2. The number of hydrogen-bond acceptors (Lipinski definition) is 4. The van der Waals surface area contributed by atoms with Gasteiger partial charge >= 0.3 is 0 Å².